The van der Waals surface area contributed by atoms with E-state index in [0.29, 0.717) is 6.42 Å². The molecule has 0 fully saturated rings. The van der Waals surface area contributed by atoms with E-state index in [1.54, 1.807) is 6.07 Å². The van der Waals surface area contributed by atoms with Gasteiger partial charge in [-0.15, -0.1) is 0 Å². The van der Waals surface area contributed by atoms with Crippen LogP contribution in [0.5, 0.6) is 0 Å². The third kappa shape index (κ3) is 3.32. The van der Waals surface area contributed by atoms with Gasteiger partial charge in [0.1, 0.15) is 5.82 Å². The Labute approximate surface area is 116 Å². The van der Waals surface area contributed by atoms with E-state index in [-0.39, 0.29) is 10.6 Å². The van der Waals surface area contributed by atoms with Crippen molar-refractivity contribution in [3.63, 3.8) is 0 Å². The fourth-order valence-electron chi connectivity index (χ4n) is 2.00. The molecule has 0 radical (unpaired) electrons. The van der Waals surface area contributed by atoms with E-state index in [4.69, 9.17) is 17.3 Å². The molecule has 3 N–H and O–H groups in total. The molecule has 2 aromatic rings. The third-order valence-electron chi connectivity index (χ3n) is 3.04. The Hall–Kier alpha value is -1.42. The maximum absolute atomic E-state index is 13.7. The second kappa shape index (κ2) is 6.15. The highest BCUT2D eigenvalue weighted by Gasteiger charge is 2.22. The van der Waals surface area contributed by atoms with Crippen molar-refractivity contribution >= 4 is 11.6 Å². The highest BCUT2D eigenvalue weighted by Crippen LogP contribution is 2.27. The van der Waals surface area contributed by atoms with Crippen LogP contribution in [0.4, 0.5) is 4.39 Å². The predicted octanol–water partition coefficient (Wildman–Crippen LogP) is 3.08. The summed E-state index contributed by atoms with van der Waals surface area (Å²) in [5, 5.41) is 10.4. The lowest BCUT2D eigenvalue weighted by Gasteiger charge is -2.20. The van der Waals surface area contributed by atoms with Crippen LogP contribution in [0, 0.1) is 5.82 Å². The van der Waals surface area contributed by atoms with Crippen molar-refractivity contribution in [2.24, 2.45) is 5.73 Å². The lowest BCUT2D eigenvalue weighted by molar-refractivity contribution is 0.143. The molecule has 0 unspecified atom stereocenters. The smallest absolute Gasteiger partial charge is 0.129 e. The van der Waals surface area contributed by atoms with Crippen LogP contribution in [0.25, 0.3) is 0 Å². The molecule has 0 spiro atoms. The minimum atomic E-state index is -0.892. The zero-order valence-corrected chi connectivity index (χ0v) is 11.0. The zero-order chi connectivity index (χ0) is 13.8. The van der Waals surface area contributed by atoms with E-state index in [2.05, 4.69) is 0 Å². The molecule has 2 atom stereocenters. The van der Waals surface area contributed by atoms with Crippen LogP contribution < -0.4 is 5.73 Å². The number of nitrogens with two attached hydrogens (primary N) is 1. The monoisotopic (exact) mass is 279 g/mol. The van der Waals surface area contributed by atoms with E-state index in [1.807, 2.05) is 30.3 Å². The second-order valence-electron chi connectivity index (χ2n) is 4.42. The number of rotatable bonds is 4. The lowest BCUT2D eigenvalue weighted by atomic mass is 9.96. The first-order chi connectivity index (χ1) is 9.09. The molecule has 0 aliphatic rings. The molecule has 19 heavy (non-hydrogen) atoms. The molecule has 100 valence electrons. The Morgan fingerprint density at radius 3 is 2.42 bits per heavy atom. The normalized spacial score (nSPS) is 14.1. The van der Waals surface area contributed by atoms with Gasteiger partial charge in [0.25, 0.3) is 0 Å². The first kappa shape index (κ1) is 14.0. The fourth-order valence-corrected chi connectivity index (χ4v) is 2.29. The van der Waals surface area contributed by atoms with Crippen LogP contribution in [0.2, 0.25) is 5.02 Å². The third-order valence-corrected chi connectivity index (χ3v) is 3.36. The van der Waals surface area contributed by atoms with Gasteiger partial charge in [-0.25, -0.2) is 4.39 Å². The molecule has 2 nitrogen and oxygen atoms in total. The molecule has 0 saturated heterocycles. The quantitative estimate of drug-likeness (QED) is 0.903. The maximum atomic E-state index is 13.7. The van der Waals surface area contributed by atoms with Crippen LogP contribution in [0.1, 0.15) is 17.2 Å². The summed E-state index contributed by atoms with van der Waals surface area (Å²) < 4.78 is 13.7. The SMILES string of the molecule is N[C@@H](c1c(F)cccc1Cl)[C@H](O)Cc1ccccc1. The Bertz CT molecular complexity index is 527. The number of benzene rings is 2. The standard InChI is InChI=1S/C15H15ClFNO/c16-11-7-4-8-12(17)14(11)15(18)13(19)9-10-5-2-1-3-6-10/h1-8,13,15,19H,9,18H2/t13-,15-/m1/s1. The maximum Gasteiger partial charge on any atom is 0.129 e. The summed E-state index contributed by atoms with van der Waals surface area (Å²) in [6, 6.07) is 12.9. The van der Waals surface area contributed by atoms with E-state index < -0.39 is 18.0 Å². The van der Waals surface area contributed by atoms with Gasteiger partial charge in [-0.1, -0.05) is 48.0 Å². The van der Waals surface area contributed by atoms with Crippen molar-refractivity contribution < 1.29 is 9.50 Å². The van der Waals surface area contributed by atoms with Crippen molar-refractivity contribution in [2.75, 3.05) is 0 Å². The van der Waals surface area contributed by atoms with Gasteiger partial charge in [-0.2, -0.15) is 0 Å². The molecule has 0 bridgehead atoms. The van der Waals surface area contributed by atoms with Gasteiger partial charge in [-0.05, 0) is 17.7 Å². The first-order valence-corrected chi connectivity index (χ1v) is 6.39. The number of aliphatic hydroxyl groups excluding tert-OH is 1. The Kier molecular flexibility index (Phi) is 4.53. The van der Waals surface area contributed by atoms with E-state index in [9.17, 15) is 9.50 Å². The Morgan fingerprint density at radius 2 is 1.79 bits per heavy atom. The van der Waals surface area contributed by atoms with Crippen molar-refractivity contribution in [1.29, 1.82) is 0 Å². The van der Waals surface area contributed by atoms with Crippen molar-refractivity contribution in [3.8, 4) is 0 Å². The average Bonchev–Trinajstić information content (AvgIpc) is 2.39. The minimum Gasteiger partial charge on any atom is -0.391 e. The molecule has 0 aliphatic heterocycles. The van der Waals surface area contributed by atoms with Gasteiger partial charge in [0.05, 0.1) is 12.1 Å². The highest BCUT2D eigenvalue weighted by atomic mass is 35.5. The van der Waals surface area contributed by atoms with Crippen molar-refractivity contribution in [2.45, 2.75) is 18.6 Å². The minimum absolute atomic E-state index is 0.160. The van der Waals surface area contributed by atoms with Gasteiger partial charge in [0.2, 0.25) is 0 Å². The number of halogens is 2. The van der Waals surface area contributed by atoms with Crippen LogP contribution in [-0.4, -0.2) is 11.2 Å². The van der Waals surface area contributed by atoms with Crippen LogP contribution in [-0.2, 0) is 6.42 Å². The second-order valence-corrected chi connectivity index (χ2v) is 4.83. The molecule has 0 heterocycles. The van der Waals surface area contributed by atoms with Crippen LogP contribution in [0.3, 0.4) is 0 Å². The Morgan fingerprint density at radius 1 is 1.11 bits per heavy atom. The summed E-state index contributed by atoms with van der Waals surface area (Å²) in [5.74, 6) is -0.493. The Balaban J connectivity index is 2.17. The van der Waals surface area contributed by atoms with Gasteiger partial charge in [0.15, 0.2) is 0 Å². The predicted molar refractivity (Wildman–Crippen MR) is 74.5 cm³/mol. The number of aliphatic hydroxyl groups is 1. The van der Waals surface area contributed by atoms with Crippen LogP contribution >= 0.6 is 11.6 Å². The lowest BCUT2D eigenvalue weighted by Crippen LogP contribution is -2.29. The molecule has 0 aromatic heterocycles. The first-order valence-electron chi connectivity index (χ1n) is 6.01. The summed E-state index contributed by atoms with van der Waals surface area (Å²) in [6.45, 7) is 0. The zero-order valence-electron chi connectivity index (χ0n) is 10.3. The molecule has 2 rings (SSSR count). The average molecular weight is 280 g/mol. The molecule has 0 aliphatic carbocycles. The fraction of sp³-hybridized carbons (Fsp3) is 0.200. The van der Waals surface area contributed by atoms with E-state index >= 15 is 0 Å². The molecular weight excluding hydrogens is 265 g/mol. The molecule has 4 heteroatoms. The van der Waals surface area contributed by atoms with Crippen molar-refractivity contribution in [3.05, 3.63) is 70.5 Å². The largest absolute Gasteiger partial charge is 0.391 e. The molecule has 2 aromatic carbocycles. The van der Waals surface area contributed by atoms with Gasteiger partial charge in [0, 0.05) is 17.0 Å². The molecule has 0 saturated carbocycles. The summed E-state index contributed by atoms with van der Waals surface area (Å²) in [5.41, 5.74) is 7.02. The van der Waals surface area contributed by atoms with Gasteiger partial charge < -0.3 is 10.8 Å². The molecular formula is C15H15ClFNO. The number of hydrogen-bond acceptors (Lipinski definition) is 2. The van der Waals surface area contributed by atoms with Crippen molar-refractivity contribution in [1.82, 2.24) is 0 Å². The van der Waals surface area contributed by atoms with E-state index in [0.717, 1.165) is 5.56 Å². The highest BCUT2D eigenvalue weighted by molar-refractivity contribution is 6.31. The van der Waals surface area contributed by atoms with Gasteiger partial charge >= 0.3 is 0 Å². The summed E-state index contributed by atoms with van der Waals surface area (Å²) >= 11 is 5.94. The topological polar surface area (TPSA) is 46.2 Å². The van der Waals surface area contributed by atoms with E-state index in [1.165, 1.54) is 12.1 Å². The van der Waals surface area contributed by atoms with Crippen LogP contribution in [0.15, 0.2) is 48.5 Å². The summed E-state index contributed by atoms with van der Waals surface area (Å²) in [7, 11) is 0. The molecule has 0 amide bonds. The number of hydrogen-bond donors (Lipinski definition) is 2. The van der Waals surface area contributed by atoms with Gasteiger partial charge in [-0.3, -0.25) is 0 Å². The summed E-state index contributed by atoms with van der Waals surface area (Å²) in [4.78, 5) is 0. The summed E-state index contributed by atoms with van der Waals surface area (Å²) in [6.07, 6.45) is -0.538.